The molecule has 1 saturated heterocycles. The van der Waals surface area contributed by atoms with E-state index in [0.29, 0.717) is 12.8 Å². The van der Waals surface area contributed by atoms with Gasteiger partial charge in [-0.15, -0.1) is 0 Å². The Kier molecular flexibility index (Phi) is 5.32. The maximum absolute atomic E-state index is 13.0. The van der Waals surface area contributed by atoms with Gasteiger partial charge in [0.25, 0.3) is 0 Å². The minimum absolute atomic E-state index is 0.217. The predicted octanol–water partition coefficient (Wildman–Crippen LogP) is 4.51. The quantitative estimate of drug-likeness (QED) is 0.779. The van der Waals surface area contributed by atoms with Gasteiger partial charge >= 0.3 is 0 Å². The van der Waals surface area contributed by atoms with Gasteiger partial charge in [0.1, 0.15) is 17.7 Å². The topological polar surface area (TPSA) is 27.7 Å². The van der Waals surface area contributed by atoms with Gasteiger partial charge in [-0.2, -0.15) is 0 Å². The van der Waals surface area contributed by atoms with Crippen LogP contribution in [-0.4, -0.2) is 43.9 Å². The minimum Gasteiger partial charge on any atom is -0.494 e. The van der Waals surface area contributed by atoms with Gasteiger partial charge in [-0.1, -0.05) is 12.1 Å². The number of halogens is 1. The zero-order chi connectivity index (χ0) is 19.6. The van der Waals surface area contributed by atoms with E-state index >= 15 is 0 Å². The van der Waals surface area contributed by atoms with E-state index in [1.807, 2.05) is 0 Å². The molecule has 2 aromatic carbocycles. The Labute approximate surface area is 172 Å². The number of nitrogens with one attached hydrogen (secondary N) is 1. The van der Waals surface area contributed by atoms with E-state index in [-0.39, 0.29) is 5.82 Å². The summed E-state index contributed by atoms with van der Waals surface area (Å²) in [5.74, 6) is 1.27. The molecule has 0 aromatic heterocycles. The molecule has 0 aliphatic carbocycles. The van der Waals surface area contributed by atoms with Gasteiger partial charge in [0, 0.05) is 13.1 Å². The maximum Gasteiger partial charge on any atom is 0.123 e. The second kappa shape index (κ2) is 8.23. The fourth-order valence-corrected chi connectivity index (χ4v) is 5.09. The van der Waals surface area contributed by atoms with Gasteiger partial charge in [-0.25, -0.2) is 4.39 Å². The number of hydrogen-bond donors (Lipinski definition) is 1. The fourth-order valence-electron chi connectivity index (χ4n) is 5.09. The smallest absolute Gasteiger partial charge is 0.123 e. The third-order valence-electron chi connectivity index (χ3n) is 6.70. The van der Waals surface area contributed by atoms with Crippen molar-refractivity contribution in [3.8, 4) is 5.75 Å². The Hall–Kier alpha value is -2.27. The van der Waals surface area contributed by atoms with E-state index in [4.69, 9.17) is 4.74 Å². The third-order valence-corrected chi connectivity index (χ3v) is 6.70. The highest BCUT2D eigenvalue weighted by atomic mass is 19.1. The summed E-state index contributed by atoms with van der Waals surface area (Å²) in [7, 11) is 0. The van der Waals surface area contributed by atoms with Gasteiger partial charge in [0.15, 0.2) is 0 Å². The van der Waals surface area contributed by atoms with Crippen LogP contribution in [-0.2, 0) is 6.42 Å². The van der Waals surface area contributed by atoms with E-state index in [1.165, 1.54) is 61.3 Å². The van der Waals surface area contributed by atoms with Gasteiger partial charge in [0.2, 0.25) is 0 Å². The number of rotatable bonds is 6. The van der Waals surface area contributed by atoms with Crippen molar-refractivity contribution >= 4 is 11.4 Å². The van der Waals surface area contributed by atoms with Gasteiger partial charge in [0.05, 0.1) is 18.0 Å². The van der Waals surface area contributed by atoms with Crippen molar-refractivity contribution in [3.63, 3.8) is 0 Å². The Morgan fingerprint density at radius 2 is 1.86 bits per heavy atom. The molecule has 0 radical (unpaired) electrons. The first kappa shape index (κ1) is 18.7. The SMILES string of the molecule is Fc1ccc(OCCC2CCN(CC3Nc4cccc5c4N3CCC5)CC2)cc1. The average Bonchev–Trinajstić information content (AvgIpc) is 3.10. The highest BCUT2D eigenvalue weighted by Crippen LogP contribution is 2.41. The lowest BCUT2D eigenvalue weighted by atomic mass is 9.94. The Bertz CT molecular complexity index is 833. The standard InChI is InChI=1S/C24H30FN3O/c25-20-6-8-21(9-7-20)29-16-12-18-10-14-27(15-11-18)17-23-26-22-5-1-3-19-4-2-13-28(23)24(19)22/h1,3,5-9,18,23,26H,2,4,10-17H2. The number of benzene rings is 2. The van der Waals surface area contributed by atoms with Crippen molar-refractivity contribution in [1.29, 1.82) is 0 Å². The minimum atomic E-state index is -0.217. The second-order valence-electron chi connectivity index (χ2n) is 8.61. The molecule has 5 heteroatoms. The number of aryl methyl sites for hydroxylation is 1. The summed E-state index contributed by atoms with van der Waals surface area (Å²) in [6.07, 6.45) is 6.41. The molecule has 3 heterocycles. The summed E-state index contributed by atoms with van der Waals surface area (Å²) in [5, 5.41) is 3.77. The average molecular weight is 396 g/mol. The number of ether oxygens (including phenoxy) is 1. The first-order valence-corrected chi connectivity index (χ1v) is 11.0. The lowest BCUT2D eigenvalue weighted by molar-refractivity contribution is 0.158. The first-order chi connectivity index (χ1) is 14.3. The molecule has 3 aliphatic heterocycles. The molecule has 154 valence electrons. The molecule has 0 bridgehead atoms. The lowest BCUT2D eigenvalue weighted by Crippen LogP contribution is -2.48. The number of para-hydroxylation sites is 1. The van der Waals surface area contributed by atoms with Gasteiger partial charge < -0.3 is 15.0 Å². The van der Waals surface area contributed by atoms with E-state index in [2.05, 4.69) is 33.3 Å². The molecule has 2 aromatic rings. The van der Waals surface area contributed by atoms with Crippen LogP contribution >= 0.6 is 0 Å². The van der Waals surface area contributed by atoms with E-state index in [1.54, 1.807) is 12.1 Å². The van der Waals surface area contributed by atoms with Crippen LogP contribution in [0, 0.1) is 11.7 Å². The highest BCUT2D eigenvalue weighted by Gasteiger charge is 2.34. The van der Waals surface area contributed by atoms with Crippen molar-refractivity contribution in [2.45, 2.75) is 38.3 Å². The fraction of sp³-hybridized carbons (Fsp3) is 0.500. The van der Waals surface area contributed by atoms with Crippen LogP contribution < -0.4 is 15.0 Å². The highest BCUT2D eigenvalue weighted by molar-refractivity contribution is 5.80. The van der Waals surface area contributed by atoms with Crippen molar-refractivity contribution in [2.24, 2.45) is 5.92 Å². The molecule has 29 heavy (non-hydrogen) atoms. The summed E-state index contributed by atoms with van der Waals surface area (Å²) >= 11 is 0. The Morgan fingerprint density at radius 1 is 1.03 bits per heavy atom. The van der Waals surface area contributed by atoms with Crippen LogP contribution in [0.1, 0.15) is 31.2 Å². The van der Waals surface area contributed by atoms with Crippen molar-refractivity contribution < 1.29 is 9.13 Å². The van der Waals surface area contributed by atoms with Crippen LogP contribution in [0.4, 0.5) is 15.8 Å². The van der Waals surface area contributed by atoms with E-state index < -0.39 is 0 Å². The van der Waals surface area contributed by atoms with Crippen molar-refractivity contribution in [3.05, 3.63) is 53.8 Å². The number of nitrogens with zero attached hydrogens (tertiary/aromatic N) is 2. The zero-order valence-electron chi connectivity index (χ0n) is 16.9. The van der Waals surface area contributed by atoms with E-state index in [0.717, 1.165) is 37.7 Å². The number of anilines is 2. The van der Waals surface area contributed by atoms with Gasteiger partial charge in [-0.05, 0) is 87.0 Å². The summed E-state index contributed by atoms with van der Waals surface area (Å²) in [6.45, 7) is 5.30. The van der Waals surface area contributed by atoms with Gasteiger partial charge in [-0.3, -0.25) is 4.90 Å². The first-order valence-electron chi connectivity index (χ1n) is 11.0. The maximum atomic E-state index is 13.0. The summed E-state index contributed by atoms with van der Waals surface area (Å²) in [5.41, 5.74) is 4.28. The lowest BCUT2D eigenvalue weighted by Gasteiger charge is -2.37. The molecule has 5 rings (SSSR count). The zero-order valence-corrected chi connectivity index (χ0v) is 16.9. The number of hydrogen-bond acceptors (Lipinski definition) is 4. The van der Waals surface area contributed by atoms with Crippen LogP contribution in [0.3, 0.4) is 0 Å². The van der Waals surface area contributed by atoms with Crippen LogP contribution in [0.15, 0.2) is 42.5 Å². The Balaban J connectivity index is 1.08. The summed E-state index contributed by atoms with van der Waals surface area (Å²) < 4.78 is 18.7. The molecule has 0 spiro atoms. The normalized spacial score (nSPS) is 21.7. The van der Waals surface area contributed by atoms with Crippen molar-refractivity contribution in [2.75, 3.05) is 43.0 Å². The second-order valence-corrected chi connectivity index (χ2v) is 8.61. The summed E-state index contributed by atoms with van der Waals surface area (Å²) in [6, 6.07) is 13.0. The molecule has 0 amide bonds. The number of likely N-dealkylation sites (tertiary alicyclic amines) is 1. The molecule has 3 aliphatic rings. The summed E-state index contributed by atoms with van der Waals surface area (Å²) in [4.78, 5) is 5.21. The van der Waals surface area contributed by atoms with Crippen LogP contribution in [0.25, 0.3) is 0 Å². The molecular formula is C24H30FN3O. The van der Waals surface area contributed by atoms with Crippen LogP contribution in [0.5, 0.6) is 5.75 Å². The number of piperidine rings is 1. The largest absolute Gasteiger partial charge is 0.494 e. The molecule has 4 nitrogen and oxygen atoms in total. The third kappa shape index (κ3) is 4.06. The molecular weight excluding hydrogens is 365 g/mol. The Morgan fingerprint density at radius 3 is 2.69 bits per heavy atom. The van der Waals surface area contributed by atoms with Crippen molar-refractivity contribution in [1.82, 2.24) is 4.90 Å². The molecule has 1 unspecified atom stereocenters. The monoisotopic (exact) mass is 395 g/mol. The molecule has 0 saturated carbocycles. The predicted molar refractivity (Wildman–Crippen MR) is 115 cm³/mol. The van der Waals surface area contributed by atoms with E-state index in [9.17, 15) is 4.39 Å². The van der Waals surface area contributed by atoms with Crippen LogP contribution in [0.2, 0.25) is 0 Å². The molecule has 1 atom stereocenters. The molecule has 1 fully saturated rings. The molecule has 1 N–H and O–H groups in total.